The highest BCUT2D eigenvalue weighted by Gasteiger charge is 2.25. The van der Waals surface area contributed by atoms with Crippen LogP contribution < -0.4 is 10.5 Å². The summed E-state index contributed by atoms with van der Waals surface area (Å²) in [5.41, 5.74) is 6.57. The lowest BCUT2D eigenvalue weighted by Crippen LogP contribution is -2.29. The maximum absolute atomic E-state index is 6.12. The van der Waals surface area contributed by atoms with E-state index in [9.17, 15) is 0 Å². The SMILES string of the molecule is CC1CC(C)CC(Oc2ccccc2C(N)=S)C1. The van der Waals surface area contributed by atoms with E-state index < -0.39 is 0 Å². The lowest BCUT2D eigenvalue weighted by Gasteiger charge is -2.32. The molecule has 0 amide bonds. The summed E-state index contributed by atoms with van der Waals surface area (Å²) >= 11 is 5.06. The van der Waals surface area contributed by atoms with Crippen LogP contribution in [0.5, 0.6) is 5.75 Å². The Bertz CT molecular complexity index is 422. The molecule has 2 nitrogen and oxygen atoms in total. The Balaban J connectivity index is 2.11. The van der Waals surface area contributed by atoms with Gasteiger partial charge in [-0.3, -0.25) is 0 Å². The van der Waals surface area contributed by atoms with Crippen molar-refractivity contribution in [3.05, 3.63) is 29.8 Å². The maximum Gasteiger partial charge on any atom is 0.129 e. The number of para-hydroxylation sites is 1. The first-order valence-electron chi connectivity index (χ1n) is 6.61. The van der Waals surface area contributed by atoms with Crippen molar-refractivity contribution in [2.24, 2.45) is 17.6 Å². The minimum atomic E-state index is 0.291. The highest BCUT2D eigenvalue weighted by Crippen LogP contribution is 2.32. The molecule has 18 heavy (non-hydrogen) atoms. The van der Waals surface area contributed by atoms with Gasteiger partial charge in [0, 0.05) is 0 Å². The summed E-state index contributed by atoms with van der Waals surface area (Å²) in [5.74, 6) is 2.29. The van der Waals surface area contributed by atoms with Crippen LogP contribution in [-0.2, 0) is 0 Å². The van der Waals surface area contributed by atoms with Gasteiger partial charge in [0.15, 0.2) is 0 Å². The molecule has 2 unspecified atom stereocenters. The zero-order valence-corrected chi connectivity index (χ0v) is 11.9. The molecule has 0 spiro atoms. The van der Waals surface area contributed by atoms with Crippen LogP contribution in [0.15, 0.2) is 24.3 Å². The minimum Gasteiger partial charge on any atom is -0.490 e. The van der Waals surface area contributed by atoms with Crippen molar-refractivity contribution in [2.45, 2.75) is 39.2 Å². The molecule has 0 saturated heterocycles. The zero-order chi connectivity index (χ0) is 13.1. The van der Waals surface area contributed by atoms with Crippen molar-refractivity contribution < 1.29 is 4.74 Å². The first-order valence-corrected chi connectivity index (χ1v) is 7.02. The lowest BCUT2D eigenvalue weighted by molar-refractivity contribution is 0.101. The highest BCUT2D eigenvalue weighted by molar-refractivity contribution is 7.80. The molecular formula is C15H21NOS. The molecule has 0 radical (unpaired) electrons. The molecule has 2 N–H and O–H groups in total. The Morgan fingerprint density at radius 3 is 2.39 bits per heavy atom. The van der Waals surface area contributed by atoms with Crippen LogP contribution in [0.2, 0.25) is 0 Å². The summed E-state index contributed by atoms with van der Waals surface area (Å²) in [6, 6.07) is 7.78. The minimum absolute atomic E-state index is 0.291. The normalized spacial score (nSPS) is 27.8. The number of hydrogen-bond donors (Lipinski definition) is 1. The average Bonchev–Trinajstić information content (AvgIpc) is 2.27. The predicted molar refractivity (Wildman–Crippen MR) is 78.9 cm³/mol. The Hall–Kier alpha value is -1.09. The first kappa shape index (κ1) is 13.3. The van der Waals surface area contributed by atoms with Gasteiger partial charge >= 0.3 is 0 Å². The molecule has 98 valence electrons. The second kappa shape index (κ2) is 5.70. The van der Waals surface area contributed by atoms with Crippen molar-refractivity contribution in [2.75, 3.05) is 0 Å². The van der Waals surface area contributed by atoms with Crippen LogP contribution >= 0.6 is 12.2 Å². The van der Waals surface area contributed by atoms with E-state index in [1.807, 2.05) is 24.3 Å². The van der Waals surface area contributed by atoms with Gasteiger partial charge in [0.2, 0.25) is 0 Å². The fraction of sp³-hybridized carbons (Fsp3) is 0.533. The van der Waals surface area contributed by atoms with Crippen molar-refractivity contribution >= 4 is 17.2 Å². The summed E-state index contributed by atoms with van der Waals surface area (Å²) < 4.78 is 6.12. The van der Waals surface area contributed by atoms with E-state index in [2.05, 4.69) is 13.8 Å². The van der Waals surface area contributed by atoms with Gasteiger partial charge in [0.05, 0.1) is 11.7 Å². The molecule has 1 aromatic rings. The van der Waals surface area contributed by atoms with Crippen LogP contribution in [-0.4, -0.2) is 11.1 Å². The summed E-state index contributed by atoms with van der Waals surface area (Å²) in [6.45, 7) is 4.59. The molecule has 0 heterocycles. The van der Waals surface area contributed by atoms with E-state index in [0.29, 0.717) is 11.1 Å². The average molecular weight is 263 g/mol. The fourth-order valence-electron chi connectivity index (χ4n) is 2.92. The number of nitrogens with two attached hydrogens (primary N) is 1. The summed E-state index contributed by atoms with van der Waals surface area (Å²) in [5, 5.41) is 0. The second-order valence-electron chi connectivity index (χ2n) is 5.52. The molecule has 3 heteroatoms. The third-order valence-electron chi connectivity index (χ3n) is 3.58. The van der Waals surface area contributed by atoms with Crippen LogP contribution in [0.4, 0.5) is 0 Å². The van der Waals surface area contributed by atoms with Gasteiger partial charge < -0.3 is 10.5 Å². The summed E-state index contributed by atoms with van der Waals surface area (Å²) in [7, 11) is 0. The van der Waals surface area contributed by atoms with Gasteiger partial charge in [-0.1, -0.05) is 38.2 Å². The van der Waals surface area contributed by atoms with Crippen LogP contribution in [0, 0.1) is 11.8 Å². The van der Waals surface area contributed by atoms with Gasteiger partial charge in [-0.2, -0.15) is 0 Å². The first-order chi connectivity index (χ1) is 8.56. The number of thiocarbonyl (C=S) groups is 1. The van der Waals surface area contributed by atoms with Crippen molar-refractivity contribution in [3.63, 3.8) is 0 Å². The molecule has 2 atom stereocenters. The number of ether oxygens (including phenoxy) is 1. The molecule has 1 saturated carbocycles. The van der Waals surface area contributed by atoms with Crippen LogP contribution in [0.25, 0.3) is 0 Å². The summed E-state index contributed by atoms with van der Waals surface area (Å²) in [6.07, 6.45) is 3.84. The van der Waals surface area contributed by atoms with Crippen molar-refractivity contribution in [1.29, 1.82) is 0 Å². The smallest absolute Gasteiger partial charge is 0.129 e. The maximum atomic E-state index is 6.12. The number of hydrogen-bond acceptors (Lipinski definition) is 2. The lowest BCUT2D eigenvalue weighted by atomic mass is 9.82. The van der Waals surface area contributed by atoms with Crippen LogP contribution in [0.1, 0.15) is 38.7 Å². The molecule has 1 fully saturated rings. The molecule has 1 aromatic carbocycles. The fourth-order valence-corrected chi connectivity index (χ4v) is 3.09. The van der Waals surface area contributed by atoms with E-state index in [1.54, 1.807) is 0 Å². The second-order valence-corrected chi connectivity index (χ2v) is 5.96. The molecule has 2 rings (SSSR count). The zero-order valence-electron chi connectivity index (χ0n) is 11.1. The van der Waals surface area contributed by atoms with Crippen LogP contribution in [0.3, 0.4) is 0 Å². The van der Waals surface area contributed by atoms with Crippen molar-refractivity contribution in [1.82, 2.24) is 0 Å². The molecule has 1 aliphatic rings. The quantitative estimate of drug-likeness (QED) is 0.847. The Morgan fingerprint density at radius 1 is 1.17 bits per heavy atom. The third-order valence-corrected chi connectivity index (χ3v) is 3.80. The Labute approximate surface area is 115 Å². The van der Waals surface area contributed by atoms with E-state index >= 15 is 0 Å². The van der Waals surface area contributed by atoms with Gasteiger partial charge in [-0.15, -0.1) is 0 Å². The number of benzene rings is 1. The number of rotatable bonds is 3. The molecule has 1 aliphatic carbocycles. The largest absolute Gasteiger partial charge is 0.490 e. The monoisotopic (exact) mass is 263 g/mol. The molecule has 0 aromatic heterocycles. The van der Waals surface area contributed by atoms with Gasteiger partial charge in [0.1, 0.15) is 10.7 Å². The van der Waals surface area contributed by atoms with E-state index in [4.69, 9.17) is 22.7 Å². The Morgan fingerprint density at radius 2 is 1.78 bits per heavy atom. The predicted octanol–water partition coefficient (Wildman–Crippen LogP) is 3.52. The van der Waals surface area contributed by atoms with E-state index in [1.165, 1.54) is 6.42 Å². The topological polar surface area (TPSA) is 35.2 Å². The Kier molecular flexibility index (Phi) is 4.23. The van der Waals surface area contributed by atoms with Crippen molar-refractivity contribution in [3.8, 4) is 5.75 Å². The molecule has 0 bridgehead atoms. The standard InChI is InChI=1S/C15H21NOS/c1-10-7-11(2)9-12(8-10)17-14-6-4-3-5-13(14)15(16)18/h3-6,10-12H,7-9H2,1-2H3,(H2,16,18). The summed E-state index contributed by atoms with van der Waals surface area (Å²) in [4.78, 5) is 0.405. The van der Waals surface area contributed by atoms with Gasteiger partial charge in [-0.25, -0.2) is 0 Å². The highest BCUT2D eigenvalue weighted by atomic mass is 32.1. The third kappa shape index (κ3) is 3.22. The van der Waals surface area contributed by atoms with E-state index in [0.717, 1.165) is 36.0 Å². The van der Waals surface area contributed by atoms with Gasteiger partial charge in [0.25, 0.3) is 0 Å². The molecular weight excluding hydrogens is 242 g/mol. The van der Waals surface area contributed by atoms with E-state index in [-0.39, 0.29) is 0 Å². The molecule has 0 aliphatic heterocycles. The van der Waals surface area contributed by atoms with Gasteiger partial charge in [-0.05, 0) is 43.2 Å².